The molecule has 0 unspecified atom stereocenters. The molecule has 0 saturated carbocycles. The first-order chi connectivity index (χ1) is 8.27. The first-order valence-electron chi connectivity index (χ1n) is 5.31. The third kappa shape index (κ3) is 7.14. The standard InChI is InChI=1S/C15H12O2.3CH3.Sn/c16-14(12-7-3-1-4-8-12)11-15(17)13-9-5-2-6-10-13;;;;/h1-11,16H;3*1H3;/q;3*-1;/p-1/b14-11-;;;;. The SMILES string of the molecule is O=C(/C=C(\[O-])c1ccccc1)c1ccccc1.[CH3-].[CH3-].[CH3-].[Sn]. The molecule has 0 saturated heterocycles. The normalized spacial score (nSPS) is 9.05. The molecule has 0 bridgehead atoms. The van der Waals surface area contributed by atoms with E-state index in [4.69, 9.17) is 0 Å². The fourth-order valence-electron chi connectivity index (χ4n) is 1.49. The fourth-order valence-corrected chi connectivity index (χ4v) is 1.49. The number of hydrogen-bond donors (Lipinski definition) is 0. The molecule has 0 atom stereocenters. The first-order valence-corrected chi connectivity index (χ1v) is 5.31. The van der Waals surface area contributed by atoms with Crippen molar-refractivity contribution < 1.29 is 9.90 Å². The monoisotopic (exact) mass is 388 g/mol. The van der Waals surface area contributed by atoms with E-state index in [1.165, 1.54) is 0 Å². The van der Waals surface area contributed by atoms with E-state index in [1.54, 1.807) is 48.5 Å². The van der Waals surface area contributed by atoms with Crippen LogP contribution < -0.4 is 5.11 Å². The molecule has 4 radical (unpaired) electrons. The summed E-state index contributed by atoms with van der Waals surface area (Å²) in [4.78, 5) is 11.8. The molecule has 0 amide bonds. The van der Waals surface area contributed by atoms with E-state index >= 15 is 0 Å². The molecule has 0 N–H and O–H groups in total. The van der Waals surface area contributed by atoms with Gasteiger partial charge in [0.1, 0.15) is 0 Å². The molecule has 0 fully saturated rings. The molecule has 2 aromatic rings. The van der Waals surface area contributed by atoms with Gasteiger partial charge in [0, 0.05) is 29.5 Å². The van der Waals surface area contributed by atoms with Crippen LogP contribution in [0.25, 0.3) is 5.76 Å². The third-order valence-electron chi connectivity index (χ3n) is 2.38. The third-order valence-corrected chi connectivity index (χ3v) is 2.38. The number of hydrogen-bond acceptors (Lipinski definition) is 2. The van der Waals surface area contributed by atoms with Gasteiger partial charge in [-0.3, -0.25) is 4.79 Å². The van der Waals surface area contributed by atoms with E-state index in [2.05, 4.69) is 0 Å². The van der Waals surface area contributed by atoms with Gasteiger partial charge in [0.2, 0.25) is 0 Å². The summed E-state index contributed by atoms with van der Waals surface area (Å²) in [6.45, 7) is 0. The van der Waals surface area contributed by atoms with Crippen molar-refractivity contribution in [3.63, 3.8) is 0 Å². The second kappa shape index (κ2) is 12.2. The maximum Gasteiger partial charge on any atom is 0.185 e. The zero-order valence-corrected chi connectivity index (χ0v) is 15.5. The van der Waals surface area contributed by atoms with Crippen LogP contribution in [0.15, 0.2) is 66.7 Å². The van der Waals surface area contributed by atoms with Gasteiger partial charge < -0.3 is 27.4 Å². The summed E-state index contributed by atoms with van der Waals surface area (Å²) in [5.41, 5.74) is 1.05. The van der Waals surface area contributed by atoms with Crippen LogP contribution in [0.3, 0.4) is 0 Å². The number of carbonyl (C=O) groups excluding carboxylic acids is 1. The quantitative estimate of drug-likeness (QED) is 0.267. The summed E-state index contributed by atoms with van der Waals surface area (Å²) in [6, 6.07) is 17.5. The van der Waals surface area contributed by atoms with Gasteiger partial charge in [0.05, 0.1) is 0 Å². The zero-order chi connectivity index (χ0) is 12.1. The number of ketones is 1. The van der Waals surface area contributed by atoms with Gasteiger partial charge in [-0.25, -0.2) is 0 Å². The molecule has 0 aliphatic rings. The van der Waals surface area contributed by atoms with Crippen molar-refractivity contribution in [2.45, 2.75) is 0 Å². The molecule has 0 spiro atoms. The summed E-state index contributed by atoms with van der Waals surface area (Å²) >= 11 is 0. The summed E-state index contributed by atoms with van der Waals surface area (Å²) in [7, 11) is 0. The average molecular weight is 387 g/mol. The Hall–Kier alpha value is -1.55. The van der Waals surface area contributed by atoms with Gasteiger partial charge in [0.25, 0.3) is 0 Å². The molecular weight excluding hydrogens is 367 g/mol. The summed E-state index contributed by atoms with van der Waals surface area (Å²) in [5, 5.41) is 11.8. The largest absolute Gasteiger partial charge is 0.872 e. The molecule has 0 aromatic heterocycles. The molecule has 0 aliphatic heterocycles. The number of benzene rings is 2. The van der Waals surface area contributed by atoms with Crippen LogP contribution in [-0.2, 0) is 0 Å². The Morgan fingerprint density at radius 3 is 1.57 bits per heavy atom. The van der Waals surface area contributed by atoms with Crippen molar-refractivity contribution in [3.05, 3.63) is 100 Å². The van der Waals surface area contributed by atoms with Crippen molar-refractivity contribution >= 4 is 35.4 Å². The first kappa shape index (κ1) is 24.5. The Kier molecular flexibility index (Phi) is 14.2. The number of carbonyl (C=O) groups is 1. The van der Waals surface area contributed by atoms with Crippen molar-refractivity contribution in [2.75, 3.05) is 0 Å². The predicted molar refractivity (Wildman–Crippen MR) is 90.2 cm³/mol. The van der Waals surface area contributed by atoms with E-state index in [9.17, 15) is 9.90 Å². The molecule has 0 heterocycles. The predicted octanol–water partition coefficient (Wildman–Crippen LogP) is 3.24. The van der Waals surface area contributed by atoms with E-state index < -0.39 is 0 Å². The van der Waals surface area contributed by atoms with Gasteiger partial charge in [-0.1, -0.05) is 66.4 Å². The van der Waals surface area contributed by atoms with Crippen molar-refractivity contribution in [1.29, 1.82) is 0 Å². The number of rotatable bonds is 3. The van der Waals surface area contributed by atoms with Gasteiger partial charge in [-0.15, -0.1) is 0 Å². The van der Waals surface area contributed by atoms with Crippen LogP contribution in [0.1, 0.15) is 15.9 Å². The molecule has 112 valence electrons. The van der Waals surface area contributed by atoms with Gasteiger partial charge in [-0.2, -0.15) is 0 Å². The van der Waals surface area contributed by atoms with Crippen molar-refractivity contribution in [2.24, 2.45) is 0 Å². The Morgan fingerprint density at radius 1 is 0.762 bits per heavy atom. The Labute approximate surface area is 145 Å². The summed E-state index contributed by atoms with van der Waals surface area (Å²) < 4.78 is 0. The summed E-state index contributed by atoms with van der Waals surface area (Å²) in [5.74, 6) is -0.529. The molecule has 3 heteroatoms. The van der Waals surface area contributed by atoms with Crippen molar-refractivity contribution in [1.82, 2.24) is 0 Å². The zero-order valence-electron chi connectivity index (χ0n) is 12.7. The minimum Gasteiger partial charge on any atom is -0.872 e. The second-order valence-corrected chi connectivity index (χ2v) is 3.60. The molecule has 21 heavy (non-hydrogen) atoms. The average Bonchev–Trinajstić information content (AvgIpc) is 2.40. The van der Waals surface area contributed by atoms with E-state index in [0.717, 1.165) is 6.08 Å². The number of allylic oxidation sites excluding steroid dienone is 1. The van der Waals surface area contributed by atoms with Crippen molar-refractivity contribution in [3.8, 4) is 0 Å². The molecule has 2 nitrogen and oxygen atoms in total. The minimum atomic E-state index is -0.264. The fraction of sp³-hybridized carbons (Fsp3) is 0. The minimum absolute atomic E-state index is 0. The molecule has 2 aromatic carbocycles. The Bertz CT molecular complexity index is 534. The summed E-state index contributed by atoms with van der Waals surface area (Å²) in [6.07, 6.45) is 1.13. The van der Waals surface area contributed by atoms with Gasteiger partial charge >= 0.3 is 0 Å². The maximum absolute atomic E-state index is 11.8. The molecule has 0 aliphatic carbocycles. The van der Waals surface area contributed by atoms with E-state index in [0.29, 0.717) is 11.1 Å². The van der Waals surface area contributed by atoms with E-state index in [-0.39, 0.29) is 57.7 Å². The Morgan fingerprint density at radius 2 is 1.14 bits per heavy atom. The second-order valence-electron chi connectivity index (χ2n) is 3.60. The van der Waals surface area contributed by atoms with Crippen LogP contribution in [0.2, 0.25) is 0 Å². The maximum atomic E-state index is 11.8. The Balaban J connectivity index is -0.000000810. The van der Waals surface area contributed by atoms with E-state index in [1.807, 2.05) is 12.1 Å². The van der Waals surface area contributed by atoms with Crippen LogP contribution in [0.4, 0.5) is 0 Å². The van der Waals surface area contributed by atoms with Gasteiger partial charge in [-0.05, 0) is 11.6 Å². The topological polar surface area (TPSA) is 40.1 Å². The van der Waals surface area contributed by atoms with Crippen LogP contribution in [0.5, 0.6) is 0 Å². The van der Waals surface area contributed by atoms with Crippen LogP contribution >= 0.6 is 0 Å². The van der Waals surface area contributed by atoms with Crippen LogP contribution in [0, 0.1) is 22.3 Å². The van der Waals surface area contributed by atoms with Crippen LogP contribution in [-0.4, -0.2) is 29.7 Å². The molecular formula is C18H20O2Sn-4. The van der Waals surface area contributed by atoms with Gasteiger partial charge in [0.15, 0.2) is 5.78 Å². The smallest absolute Gasteiger partial charge is 0.185 e. The molecule has 2 rings (SSSR count).